The number of hydrogen-bond donors (Lipinski definition) is 0. The van der Waals surface area contributed by atoms with Crippen LogP contribution in [0.3, 0.4) is 0 Å². The van der Waals surface area contributed by atoms with Gasteiger partial charge in [-0.15, -0.1) is 15.8 Å². The summed E-state index contributed by atoms with van der Waals surface area (Å²) in [5, 5.41) is 0. The van der Waals surface area contributed by atoms with Crippen molar-refractivity contribution in [2.45, 2.75) is 119 Å². The van der Waals surface area contributed by atoms with Gasteiger partial charge in [0.2, 0.25) is 0 Å². The first-order valence-corrected chi connectivity index (χ1v) is 19.2. The molecule has 0 aromatic rings. The summed E-state index contributed by atoms with van der Waals surface area (Å²) in [4.78, 5) is 0. The molecule has 182 valence electrons. The average molecular weight is 531 g/mol. The zero-order valence-electron chi connectivity index (χ0n) is 20.7. The summed E-state index contributed by atoms with van der Waals surface area (Å²) in [6, 6.07) is 0. The van der Waals surface area contributed by atoms with Gasteiger partial charge in [-0.05, 0) is 75.5 Å². The van der Waals surface area contributed by atoms with E-state index in [0.717, 1.165) is 0 Å². The number of rotatable bonds is 18. The molecule has 0 bridgehead atoms. The fourth-order valence-electron chi connectivity index (χ4n) is 2.96. The number of halogens is 2. The third-order valence-corrected chi connectivity index (χ3v) is 10.7. The van der Waals surface area contributed by atoms with Crippen LogP contribution in [0.5, 0.6) is 0 Å². The summed E-state index contributed by atoms with van der Waals surface area (Å²) in [7, 11) is 10.4. The first-order valence-electron chi connectivity index (χ1n) is 12.4. The molecule has 0 atom stereocenters. The first-order chi connectivity index (χ1) is 14.1. The van der Waals surface area contributed by atoms with Crippen LogP contribution in [0.25, 0.3) is 0 Å². The van der Waals surface area contributed by atoms with Gasteiger partial charge < -0.3 is 0 Å². The predicted molar refractivity (Wildman–Crippen MR) is 144 cm³/mol. The fraction of sp³-hybridized carbons (Fsp3) is 1.00. The Morgan fingerprint density at radius 1 is 0.414 bits per heavy atom. The normalized spacial score (nSPS) is 10.7. The van der Waals surface area contributed by atoms with Crippen LogP contribution in [0, 0.1) is 0 Å². The molecule has 0 heterocycles. The third kappa shape index (κ3) is 34.8. The second kappa shape index (κ2) is 34.6. The van der Waals surface area contributed by atoms with E-state index in [2.05, 4.69) is 41.5 Å². The van der Waals surface area contributed by atoms with Crippen molar-refractivity contribution in [1.29, 1.82) is 0 Å². The Balaban J connectivity index is -0.000000410. The van der Waals surface area contributed by atoms with E-state index in [1.165, 1.54) is 77.0 Å². The molecule has 0 aromatic carbocycles. The Hall–Kier alpha value is 1.96. The molecular weight excluding hydrogens is 477 g/mol. The molecule has 0 aliphatic heterocycles. The molecule has 0 amide bonds. The molecule has 29 heavy (non-hydrogen) atoms. The van der Waals surface area contributed by atoms with Gasteiger partial charge in [0.25, 0.3) is 0 Å². The van der Waals surface area contributed by atoms with E-state index < -0.39 is 0 Å². The molecule has 0 spiro atoms. The maximum atomic E-state index is 4.76. The van der Waals surface area contributed by atoms with Crippen molar-refractivity contribution in [2.75, 3.05) is 37.0 Å². The van der Waals surface area contributed by atoms with Gasteiger partial charge in [-0.25, -0.2) is 0 Å². The Morgan fingerprint density at radius 3 is 0.655 bits per heavy atom. The van der Waals surface area contributed by atoms with Crippen LogP contribution in [-0.2, 0) is 13.1 Å². The van der Waals surface area contributed by atoms with Gasteiger partial charge in [-0.1, -0.05) is 80.1 Å². The zero-order valence-corrected chi connectivity index (χ0v) is 25.1. The molecule has 0 aliphatic carbocycles. The summed E-state index contributed by atoms with van der Waals surface area (Å²) in [5.74, 6) is 0. The molecule has 0 unspecified atom stereocenters. The molecule has 0 aromatic heterocycles. The Bertz CT molecular complexity index is 197. The third-order valence-electron chi connectivity index (χ3n) is 4.97. The van der Waals surface area contributed by atoms with Crippen LogP contribution in [0.15, 0.2) is 0 Å². The van der Waals surface area contributed by atoms with Gasteiger partial charge in [-0.3, -0.25) is 0 Å². The monoisotopic (exact) mass is 530 g/mol. The van der Waals surface area contributed by atoms with Crippen molar-refractivity contribution in [2.24, 2.45) is 0 Å². The van der Waals surface area contributed by atoms with Crippen molar-refractivity contribution < 1.29 is 13.1 Å². The summed E-state index contributed by atoms with van der Waals surface area (Å²) >= 11 is 0.194. The molecule has 0 saturated carbocycles. The fourth-order valence-corrected chi connectivity index (χ4v) is 8.88. The second-order valence-corrected chi connectivity index (χ2v) is 15.0. The van der Waals surface area contributed by atoms with Crippen molar-refractivity contribution in [3.05, 3.63) is 0 Å². The maximum absolute atomic E-state index is 4.76. The number of hydrogen-bond acceptors (Lipinski definition) is 0. The van der Waals surface area contributed by atoms with E-state index in [1.54, 1.807) is 37.0 Å². The van der Waals surface area contributed by atoms with Gasteiger partial charge in [0.05, 0.1) is 0 Å². The van der Waals surface area contributed by atoms with Crippen molar-refractivity contribution in [3.8, 4) is 0 Å². The van der Waals surface area contributed by atoms with Crippen molar-refractivity contribution in [1.82, 2.24) is 0 Å². The summed E-state index contributed by atoms with van der Waals surface area (Å²) in [5.41, 5.74) is 0. The second-order valence-electron chi connectivity index (χ2n) is 7.86. The predicted octanol–water partition coefficient (Wildman–Crippen LogP) is 11.1. The van der Waals surface area contributed by atoms with Gasteiger partial charge in [0.15, 0.2) is 0 Å². The van der Waals surface area contributed by atoms with Crippen LogP contribution in [0.1, 0.15) is 119 Å². The standard InChI is InChI=1S/2C12H27P.2ClH.Fe/c2*1-4-7-10-13(11-8-5-2)12-9-6-3;;;/h2*4-12H2,1-3H3;2*1H;/q;;;;+2/p-2. The van der Waals surface area contributed by atoms with E-state index in [-0.39, 0.29) is 13.1 Å². The molecule has 5 heteroatoms. The minimum absolute atomic E-state index is 0.194. The van der Waals surface area contributed by atoms with E-state index in [1.807, 2.05) is 0 Å². The van der Waals surface area contributed by atoms with Gasteiger partial charge in [-0.2, -0.15) is 0 Å². The minimum atomic E-state index is 0.194. The first kappa shape index (κ1) is 35.5. The summed E-state index contributed by atoms with van der Waals surface area (Å²) < 4.78 is 0. The van der Waals surface area contributed by atoms with Gasteiger partial charge in [0, 0.05) is 0 Å². The Labute approximate surface area is 203 Å². The van der Waals surface area contributed by atoms with E-state index in [4.69, 9.17) is 20.2 Å². The molecule has 0 rings (SSSR count). The molecular formula is C24H54Cl2FeP2. The van der Waals surface area contributed by atoms with Crippen LogP contribution in [-0.4, -0.2) is 37.0 Å². The van der Waals surface area contributed by atoms with Crippen LogP contribution < -0.4 is 0 Å². The average Bonchev–Trinajstić information content (AvgIpc) is 2.73. The molecule has 0 aliphatic rings. The van der Waals surface area contributed by atoms with Crippen LogP contribution >= 0.6 is 36.0 Å². The molecule has 0 nitrogen and oxygen atoms in total. The van der Waals surface area contributed by atoms with E-state index in [0.29, 0.717) is 15.8 Å². The Kier molecular flexibility index (Phi) is 42.4. The zero-order chi connectivity index (χ0) is 22.6. The quantitative estimate of drug-likeness (QED) is 0.122. The summed E-state index contributed by atoms with van der Waals surface area (Å²) in [6.45, 7) is 13.9. The van der Waals surface area contributed by atoms with Crippen molar-refractivity contribution in [3.63, 3.8) is 0 Å². The Morgan fingerprint density at radius 2 is 0.552 bits per heavy atom. The van der Waals surface area contributed by atoms with Crippen molar-refractivity contribution >= 4 is 36.0 Å². The van der Waals surface area contributed by atoms with Crippen LogP contribution in [0.2, 0.25) is 0 Å². The van der Waals surface area contributed by atoms with Gasteiger partial charge in [0.1, 0.15) is 0 Å². The topological polar surface area (TPSA) is 0 Å². The van der Waals surface area contributed by atoms with Crippen LogP contribution in [0.4, 0.5) is 0 Å². The molecule has 0 fully saturated rings. The molecule has 0 saturated heterocycles. The van der Waals surface area contributed by atoms with Gasteiger partial charge >= 0.3 is 33.3 Å². The molecule has 0 radical (unpaired) electrons. The summed E-state index contributed by atoms with van der Waals surface area (Å²) in [6.07, 6.45) is 26.4. The SMILES string of the molecule is CCCCP(CCCC)CCCC.CCCCP(CCCC)CCCC.[Cl][Fe][Cl]. The van der Waals surface area contributed by atoms with E-state index in [9.17, 15) is 0 Å². The number of unbranched alkanes of at least 4 members (excludes halogenated alkanes) is 6. The molecule has 0 N–H and O–H groups in total. The van der Waals surface area contributed by atoms with E-state index >= 15 is 0 Å².